The molecule has 178 valence electrons. The molecule has 0 spiro atoms. The molecule has 1 aromatic rings. The third kappa shape index (κ3) is 7.72. The first-order valence-electron chi connectivity index (χ1n) is 12.4. The van der Waals surface area contributed by atoms with Gasteiger partial charge < -0.3 is 19.7 Å². The Labute approximate surface area is 192 Å². The van der Waals surface area contributed by atoms with Crippen molar-refractivity contribution in [1.29, 1.82) is 0 Å². The lowest BCUT2D eigenvalue weighted by atomic mass is 9.89. The fourth-order valence-corrected chi connectivity index (χ4v) is 5.42. The molecule has 0 aliphatic heterocycles. The predicted octanol–water partition coefficient (Wildman–Crippen LogP) is 4.66. The highest BCUT2D eigenvalue weighted by atomic mass is 16.6. The van der Waals surface area contributed by atoms with Crippen LogP contribution in [-0.4, -0.2) is 41.6 Å². The number of unbranched alkanes of at least 4 members (excludes halogenated alkanes) is 2. The van der Waals surface area contributed by atoms with E-state index in [1.165, 1.54) is 0 Å². The lowest BCUT2D eigenvalue weighted by molar-refractivity contribution is -0.150. The number of hydrogen-bond acceptors (Lipinski definition) is 5. The number of ether oxygens (including phenoxy) is 2. The summed E-state index contributed by atoms with van der Waals surface area (Å²) in [4.78, 5) is 11.9. The van der Waals surface area contributed by atoms with Crippen LogP contribution >= 0.6 is 0 Å². The fourth-order valence-electron chi connectivity index (χ4n) is 5.42. The molecule has 0 aromatic heterocycles. The second-order valence-electron chi connectivity index (χ2n) is 9.58. The van der Waals surface area contributed by atoms with Gasteiger partial charge in [-0.2, -0.15) is 0 Å². The molecule has 2 unspecified atom stereocenters. The van der Waals surface area contributed by atoms with Gasteiger partial charge in [0.2, 0.25) is 0 Å². The van der Waals surface area contributed by atoms with Crippen LogP contribution in [0.4, 0.5) is 0 Å². The Morgan fingerprint density at radius 2 is 2.00 bits per heavy atom. The molecule has 0 bridgehead atoms. The van der Waals surface area contributed by atoms with Crippen LogP contribution in [0.5, 0.6) is 0 Å². The summed E-state index contributed by atoms with van der Waals surface area (Å²) in [7, 11) is 0. The maximum Gasteiger partial charge on any atom is 0.332 e. The minimum Gasteiger partial charge on any atom is -0.459 e. The molecule has 5 nitrogen and oxygen atoms in total. The third-order valence-electron chi connectivity index (χ3n) is 7.12. The summed E-state index contributed by atoms with van der Waals surface area (Å²) in [5.41, 5.74) is 0.970. The molecule has 2 N–H and O–H groups in total. The van der Waals surface area contributed by atoms with Gasteiger partial charge in [0.1, 0.15) is 13.2 Å². The van der Waals surface area contributed by atoms with Gasteiger partial charge in [0.05, 0.1) is 12.2 Å². The molecular formula is C27H40O5. The first-order valence-corrected chi connectivity index (χ1v) is 12.4. The van der Waals surface area contributed by atoms with E-state index < -0.39 is 6.10 Å². The maximum atomic E-state index is 11.9. The van der Waals surface area contributed by atoms with E-state index >= 15 is 0 Å². The van der Waals surface area contributed by atoms with Crippen LogP contribution in [0.3, 0.4) is 0 Å². The second-order valence-corrected chi connectivity index (χ2v) is 9.58. The third-order valence-corrected chi connectivity index (χ3v) is 7.12. The average Bonchev–Trinajstić information content (AvgIpc) is 3.31. The van der Waals surface area contributed by atoms with E-state index in [9.17, 15) is 15.0 Å². The number of rotatable bonds is 13. The van der Waals surface area contributed by atoms with Crippen molar-refractivity contribution in [3.05, 3.63) is 48.0 Å². The molecule has 3 rings (SSSR count). The van der Waals surface area contributed by atoms with Crippen molar-refractivity contribution in [2.24, 2.45) is 23.7 Å². The zero-order valence-corrected chi connectivity index (χ0v) is 19.4. The van der Waals surface area contributed by atoms with Gasteiger partial charge >= 0.3 is 5.97 Å². The zero-order valence-electron chi connectivity index (χ0n) is 19.4. The van der Waals surface area contributed by atoms with Crippen LogP contribution in [0, 0.1) is 23.7 Å². The number of carbonyl (C=O) groups excluding carboxylic acids is 1. The number of fused-ring (bicyclic) bond motifs is 1. The van der Waals surface area contributed by atoms with Crippen molar-refractivity contribution in [2.45, 2.75) is 77.1 Å². The van der Waals surface area contributed by atoms with Crippen molar-refractivity contribution in [3.63, 3.8) is 0 Å². The van der Waals surface area contributed by atoms with E-state index in [1.807, 2.05) is 36.4 Å². The summed E-state index contributed by atoms with van der Waals surface area (Å²) < 4.78 is 10.8. The number of hydrogen-bond donors (Lipinski definition) is 2. The number of esters is 1. The molecule has 2 aliphatic rings. The SMILES string of the molecule is CCCCCC(O)C=C[C@@H]1[C@@H]2CC(CCOCC(=O)OCc3ccccc3)C[C@H]2C[C@H]1O. The van der Waals surface area contributed by atoms with Crippen LogP contribution in [0.25, 0.3) is 0 Å². The number of benzene rings is 1. The van der Waals surface area contributed by atoms with Gasteiger partial charge in [0.15, 0.2) is 0 Å². The predicted molar refractivity (Wildman–Crippen MR) is 125 cm³/mol. The minimum atomic E-state index is -0.403. The normalized spacial score (nSPS) is 28.2. The topological polar surface area (TPSA) is 76.0 Å². The Bertz CT molecular complexity index is 703. The Morgan fingerprint density at radius 3 is 2.78 bits per heavy atom. The molecule has 2 aliphatic carbocycles. The maximum absolute atomic E-state index is 11.9. The molecular weight excluding hydrogens is 404 g/mol. The molecule has 5 heteroatoms. The van der Waals surface area contributed by atoms with Gasteiger partial charge in [-0.15, -0.1) is 0 Å². The fraction of sp³-hybridized carbons (Fsp3) is 0.667. The van der Waals surface area contributed by atoms with Gasteiger partial charge in [-0.25, -0.2) is 4.79 Å². The molecule has 0 saturated heterocycles. The Kier molecular flexibility index (Phi) is 10.2. The van der Waals surface area contributed by atoms with Gasteiger partial charge in [0.25, 0.3) is 0 Å². The van der Waals surface area contributed by atoms with Crippen LogP contribution < -0.4 is 0 Å². The first-order chi connectivity index (χ1) is 15.6. The van der Waals surface area contributed by atoms with Gasteiger partial charge in [0, 0.05) is 12.5 Å². The van der Waals surface area contributed by atoms with Gasteiger partial charge in [-0.05, 0) is 55.4 Å². The quantitative estimate of drug-likeness (QED) is 0.263. The molecule has 0 amide bonds. The van der Waals surface area contributed by atoms with E-state index in [-0.39, 0.29) is 31.2 Å². The molecule has 2 fully saturated rings. The number of carbonyl (C=O) groups is 1. The van der Waals surface area contributed by atoms with E-state index in [4.69, 9.17) is 9.47 Å². The monoisotopic (exact) mass is 444 g/mol. The van der Waals surface area contributed by atoms with E-state index in [2.05, 4.69) is 13.0 Å². The van der Waals surface area contributed by atoms with Crippen LogP contribution in [0.15, 0.2) is 42.5 Å². The zero-order chi connectivity index (χ0) is 22.8. The van der Waals surface area contributed by atoms with E-state index in [0.29, 0.717) is 24.4 Å². The van der Waals surface area contributed by atoms with Gasteiger partial charge in [-0.1, -0.05) is 68.7 Å². The first kappa shape index (κ1) is 24.9. The summed E-state index contributed by atoms with van der Waals surface area (Å²) in [6, 6.07) is 9.63. The highest BCUT2D eigenvalue weighted by Crippen LogP contribution is 2.51. The summed E-state index contributed by atoms with van der Waals surface area (Å²) in [5.74, 6) is 1.44. The van der Waals surface area contributed by atoms with Crippen molar-refractivity contribution < 1.29 is 24.5 Å². The highest BCUT2D eigenvalue weighted by Gasteiger charge is 2.46. The number of aliphatic hydroxyl groups excluding tert-OH is 2. The summed E-state index contributed by atoms with van der Waals surface area (Å²) in [5, 5.41) is 20.7. The molecule has 0 radical (unpaired) electrons. The molecule has 0 heterocycles. The minimum absolute atomic E-state index is 0.00753. The smallest absolute Gasteiger partial charge is 0.332 e. The van der Waals surface area contributed by atoms with Crippen LogP contribution in [-0.2, 0) is 20.9 Å². The largest absolute Gasteiger partial charge is 0.459 e. The highest BCUT2D eigenvalue weighted by molar-refractivity contribution is 5.70. The van der Waals surface area contributed by atoms with Crippen LogP contribution in [0.1, 0.15) is 63.9 Å². The molecule has 1 aromatic carbocycles. The molecule has 2 saturated carbocycles. The Morgan fingerprint density at radius 1 is 1.19 bits per heavy atom. The lowest BCUT2D eigenvalue weighted by Gasteiger charge is -2.19. The Hall–Kier alpha value is -1.69. The molecule has 32 heavy (non-hydrogen) atoms. The molecule has 6 atom stereocenters. The van der Waals surface area contributed by atoms with Crippen molar-refractivity contribution in [1.82, 2.24) is 0 Å². The standard InChI is InChI=1S/C27H40O5/c1-2-3-5-10-23(28)11-12-24-25-16-21(15-22(25)17-26(24)29)13-14-31-19-27(30)32-18-20-8-6-4-7-9-20/h4,6-9,11-12,21-26,28-29H,2-3,5,10,13-19H2,1H3/t21?,22-,23?,24+,25+,26+/m0/s1. The van der Waals surface area contributed by atoms with Crippen molar-refractivity contribution in [3.8, 4) is 0 Å². The summed E-state index contributed by atoms with van der Waals surface area (Å²) >= 11 is 0. The number of aliphatic hydroxyl groups is 2. The van der Waals surface area contributed by atoms with Crippen molar-refractivity contribution in [2.75, 3.05) is 13.2 Å². The van der Waals surface area contributed by atoms with Crippen LogP contribution in [0.2, 0.25) is 0 Å². The van der Waals surface area contributed by atoms with Gasteiger partial charge in [-0.3, -0.25) is 0 Å². The van der Waals surface area contributed by atoms with E-state index in [0.717, 1.165) is 56.9 Å². The summed E-state index contributed by atoms with van der Waals surface area (Å²) in [6.07, 6.45) is 11.4. The average molecular weight is 445 g/mol. The second kappa shape index (κ2) is 13.1. The van der Waals surface area contributed by atoms with Crippen molar-refractivity contribution >= 4 is 5.97 Å². The Balaban J connectivity index is 1.32. The summed E-state index contributed by atoms with van der Waals surface area (Å²) in [6.45, 7) is 2.99. The van der Waals surface area contributed by atoms with E-state index in [1.54, 1.807) is 0 Å². The lowest BCUT2D eigenvalue weighted by Crippen LogP contribution is -2.19.